The first-order chi connectivity index (χ1) is 14.3. The minimum atomic E-state index is -0.122. The van der Waals surface area contributed by atoms with Crippen molar-refractivity contribution in [3.8, 4) is 0 Å². The van der Waals surface area contributed by atoms with Gasteiger partial charge in [0.15, 0.2) is 5.69 Å². The minimum Gasteiger partial charge on any atom is -0.379 e. The minimum absolute atomic E-state index is 0.0633. The molecule has 150 valence electrons. The van der Waals surface area contributed by atoms with Crippen molar-refractivity contribution >= 4 is 11.4 Å². The summed E-state index contributed by atoms with van der Waals surface area (Å²) in [5, 5.41) is 3.13. The first-order valence-corrected chi connectivity index (χ1v) is 10.3. The van der Waals surface area contributed by atoms with Gasteiger partial charge < -0.3 is 14.5 Å². The van der Waals surface area contributed by atoms with E-state index >= 15 is 0 Å². The molecule has 1 saturated heterocycles. The van der Waals surface area contributed by atoms with Crippen molar-refractivity contribution in [3.05, 3.63) is 66.0 Å². The van der Waals surface area contributed by atoms with E-state index in [9.17, 15) is 4.79 Å². The fourth-order valence-corrected chi connectivity index (χ4v) is 4.05. The number of fused-ring (bicyclic) bond motifs is 1. The SMILES string of the molecule is O=C(NCC(c1cccnc1)N1CCOCC1)c1nc(C2CC2)n2ccccc12. The molecule has 0 spiro atoms. The van der Waals surface area contributed by atoms with Crippen LogP contribution in [0.1, 0.15) is 46.7 Å². The lowest BCUT2D eigenvalue weighted by atomic mass is 10.1. The standard InChI is InChI=1S/C22H25N5O2/c28-22(20-18-5-1-2-9-27(18)21(25-20)16-6-7-16)24-15-19(17-4-3-8-23-14-17)26-10-12-29-13-11-26/h1-5,8-9,14,16,19H,6-7,10-13,15H2,(H,24,28). The van der Waals surface area contributed by atoms with Gasteiger partial charge in [-0.15, -0.1) is 0 Å². The highest BCUT2D eigenvalue weighted by Crippen LogP contribution is 2.40. The van der Waals surface area contributed by atoms with E-state index in [2.05, 4.69) is 25.7 Å². The highest BCUT2D eigenvalue weighted by Gasteiger charge is 2.31. The molecule has 1 unspecified atom stereocenters. The van der Waals surface area contributed by atoms with Gasteiger partial charge in [-0.25, -0.2) is 4.98 Å². The molecule has 1 saturated carbocycles. The summed E-state index contributed by atoms with van der Waals surface area (Å²) in [6.45, 7) is 3.61. The second kappa shape index (κ2) is 7.93. The predicted molar refractivity (Wildman–Crippen MR) is 109 cm³/mol. The highest BCUT2D eigenvalue weighted by molar-refractivity contribution is 5.99. The van der Waals surface area contributed by atoms with Crippen LogP contribution in [0.3, 0.4) is 0 Å². The number of rotatable bonds is 6. The number of amides is 1. The van der Waals surface area contributed by atoms with Gasteiger partial charge in [0.2, 0.25) is 0 Å². The number of morpholine rings is 1. The maximum absolute atomic E-state index is 13.1. The maximum Gasteiger partial charge on any atom is 0.272 e. The third kappa shape index (κ3) is 3.75. The molecule has 7 heteroatoms. The summed E-state index contributed by atoms with van der Waals surface area (Å²) in [7, 11) is 0. The molecule has 2 fully saturated rings. The quantitative estimate of drug-likeness (QED) is 0.699. The molecule has 29 heavy (non-hydrogen) atoms. The Bertz CT molecular complexity index is 993. The van der Waals surface area contributed by atoms with E-state index in [1.165, 1.54) is 0 Å². The zero-order valence-corrected chi connectivity index (χ0v) is 16.3. The van der Waals surface area contributed by atoms with Crippen LogP contribution >= 0.6 is 0 Å². The lowest BCUT2D eigenvalue weighted by Gasteiger charge is -2.34. The molecule has 1 atom stereocenters. The van der Waals surface area contributed by atoms with Gasteiger partial charge in [-0.05, 0) is 36.6 Å². The Hall–Kier alpha value is -2.77. The number of nitrogens with zero attached hydrogens (tertiary/aromatic N) is 4. The van der Waals surface area contributed by atoms with Crippen LogP contribution in [0.15, 0.2) is 48.9 Å². The summed E-state index contributed by atoms with van der Waals surface area (Å²) in [5.41, 5.74) is 2.48. The first kappa shape index (κ1) is 18.3. The number of nitrogens with one attached hydrogen (secondary N) is 1. The fraction of sp³-hybridized carbons (Fsp3) is 0.409. The molecule has 1 amide bonds. The van der Waals surface area contributed by atoms with E-state index in [0.717, 1.165) is 42.8 Å². The molecule has 0 aromatic carbocycles. The van der Waals surface area contributed by atoms with Crippen LogP contribution in [0, 0.1) is 0 Å². The van der Waals surface area contributed by atoms with Gasteiger partial charge in [0.25, 0.3) is 5.91 Å². The van der Waals surface area contributed by atoms with E-state index < -0.39 is 0 Å². The average Bonchev–Trinajstić information content (AvgIpc) is 3.55. The Balaban J connectivity index is 1.37. The Morgan fingerprint density at radius 3 is 2.83 bits per heavy atom. The Labute approximate surface area is 169 Å². The van der Waals surface area contributed by atoms with Gasteiger partial charge in [0.1, 0.15) is 5.82 Å². The Morgan fingerprint density at radius 2 is 2.07 bits per heavy atom. The van der Waals surface area contributed by atoms with E-state index in [1.807, 2.05) is 36.7 Å². The van der Waals surface area contributed by atoms with Crippen molar-refractivity contribution in [1.82, 2.24) is 24.6 Å². The van der Waals surface area contributed by atoms with Gasteiger partial charge in [-0.1, -0.05) is 12.1 Å². The summed E-state index contributed by atoms with van der Waals surface area (Å²) >= 11 is 0. The van der Waals surface area contributed by atoms with Crippen molar-refractivity contribution in [2.45, 2.75) is 24.8 Å². The Kier molecular flexibility index (Phi) is 4.99. The fourth-order valence-electron chi connectivity index (χ4n) is 4.05. The monoisotopic (exact) mass is 391 g/mol. The molecule has 1 N–H and O–H groups in total. The topological polar surface area (TPSA) is 71.8 Å². The molecular weight excluding hydrogens is 366 g/mol. The molecule has 4 heterocycles. The average molecular weight is 391 g/mol. The molecule has 1 aliphatic carbocycles. The third-order valence-electron chi connectivity index (χ3n) is 5.74. The molecule has 7 nitrogen and oxygen atoms in total. The lowest BCUT2D eigenvalue weighted by Crippen LogP contribution is -2.44. The van der Waals surface area contributed by atoms with E-state index in [0.29, 0.717) is 31.4 Å². The highest BCUT2D eigenvalue weighted by atomic mass is 16.5. The molecule has 0 bridgehead atoms. The lowest BCUT2D eigenvalue weighted by molar-refractivity contribution is 0.0161. The number of hydrogen-bond donors (Lipinski definition) is 1. The van der Waals surface area contributed by atoms with Gasteiger partial charge in [0.05, 0.1) is 24.8 Å². The first-order valence-electron chi connectivity index (χ1n) is 10.3. The largest absolute Gasteiger partial charge is 0.379 e. The number of imidazole rings is 1. The molecular formula is C22H25N5O2. The molecule has 0 radical (unpaired) electrons. The third-order valence-corrected chi connectivity index (χ3v) is 5.74. The number of carbonyl (C=O) groups excluding carboxylic acids is 1. The van der Waals surface area contributed by atoms with Crippen molar-refractivity contribution in [1.29, 1.82) is 0 Å². The van der Waals surface area contributed by atoms with Crippen LogP contribution in [-0.2, 0) is 4.74 Å². The van der Waals surface area contributed by atoms with Gasteiger partial charge >= 0.3 is 0 Å². The molecule has 1 aliphatic heterocycles. The Morgan fingerprint density at radius 1 is 1.21 bits per heavy atom. The number of pyridine rings is 2. The van der Waals surface area contributed by atoms with Crippen molar-refractivity contribution < 1.29 is 9.53 Å². The maximum atomic E-state index is 13.1. The second-order valence-electron chi connectivity index (χ2n) is 7.71. The van der Waals surface area contributed by atoms with E-state index in [1.54, 1.807) is 6.20 Å². The number of ether oxygens (including phenoxy) is 1. The van der Waals surface area contributed by atoms with E-state index in [4.69, 9.17) is 9.72 Å². The molecule has 3 aromatic rings. The van der Waals surface area contributed by atoms with Gasteiger partial charge in [0, 0.05) is 44.1 Å². The van der Waals surface area contributed by atoms with E-state index in [-0.39, 0.29) is 11.9 Å². The number of aromatic nitrogens is 3. The van der Waals surface area contributed by atoms with Crippen molar-refractivity contribution in [2.24, 2.45) is 0 Å². The van der Waals surface area contributed by atoms with Gasteiger partial charge in [-0.3, -0.25) is 14.7 Å². The van der Waals surface area contributed by atoms with Crippen LogP contribution < -0.4 is 5.32 Å². The van der Waals surface area contributed by atoms with Crippen LogP contribution in [0.5, 0.6) is 0 Å². The normalized spacial score (nSPS) is 18.6. The summed E-state index contributed by atoms with van der Waals surface area (Å²) in [6, 6.07) is 9.98. The van der Waals surface area contributed by atoms with Crippen LogP contribution in [0.2, 0.25) is 0 Å². The zero-order valence-electron chi connectivity index (χ0n) is 16.3. The molecule has 3 aromatic heterocycles. The smallest absolute Gasteiger partial charge is 0.272 e. The van der Waals surface area contributed by atoms with Crippen LogP contribution in [-0.4, -0.2) is 58.0 Å². The second-order valence-corrected chi connectivity index (χ2v) is 7.71. The molecule has 5 rings (SSSR count). The summed E-state index contributed by atoms with van der Waals surface area (Å²) < 4.78 is 7.57. The van der Waals surface area contributed by atoms with Crippen molar-refractivity contribution in [3.63, 3.8) is 0 Å². The van der Waals surface area contributed by atoms with Crippen LogP contribution in [0.4, 0.5) is 0 Å². The summed E-state index contributed by atoms with van der Waals surface area (Å²) in [5.74, 6) is 1.36. The molecule has 2 aliphatic rings. The van der Waals surface area contributed by atoms with Crippen LogP contribution in [0.25, 0.3) is 5.52 Å². The zero-order chi connectivity index (χ0) is 19.6. The number of hydrogen-bond acceptors (Lipinski definition) is 5. The predicted octanol–water partition coefficient (Wildman–Crippen LogP) is 2.41. The van der Waals surface area contributed by atoms with Crippen molar-refractivity contribution in [2.75, 3.05) is 32.8 Å². The number of carbonyl (C=O) groups is 1. The summed E-state index contributed by atoms with van der Waals surface area (Å²) in [6.07, 6.45) is 7.95. The van der Waals surface area contributed by atoms with Gasteiger partial charge in [-0.2, -0.15) is 0 Å². The summed E-state index contributed by atoms with van der Waals surface area (Å²) in [4.78, 5) is 24.4.